The maximum atomic E-state index is 13.0. The van der Waals surface area contributed by atoms with Crippen LogP contribution in [0.5, 0.6) is 0 Å². The van der Waals surface area contributed by atoms with E-state index < -0.39 is 6.03 Å². The largest absolute Gasteiger partial charge is 0.333 e. The van der Waals surface area contributed by atoms with Gasteiger partial charge in [-0.05, 0) is 42.5 Å². The van der Waals surface area contributed by atoms with E-state index in [2.05, 4.69) is 10.6 Å². The second-order valence-corrected chi connectivity index (χ2v) is 6.45. The fraction of sp³-hybridized carbons (Fsp3) is 0.176. The molecule has 1 atom stereocenters. The van der Waals surface area contributed by atoms with Gasteiger partial charge < -0.3 is 15.5 Å². The highest BCUT2D eigenvalue weighted by Crippen LogP contribution is 2.26. The van der Waals surface area contributed by atoms with Gasteiger partial charge in [0.2, 0.25) is 5.91 Å². The topological polar surface area (TPSA) is 61.4 Å². The van der Waals surface area contributed by atoms with Crippen molar-refractivity contribution in [1.29, 1.82) is 0 Å². The molecule has 5 nitrogen and oxygen atoms in total. The lowest BCUT2D eigenvalue weighted by atomic mass is 10.2. The van der Waals surface area contributed by atoms with Crippen molar-refractivity contribution in [2.24, 2.45) is 0 Å². The predicted octanol–water partition coefficient (Wildman–Crippen LogP) is 4.06. The summed E-state index contributed by atoms with van der Waals surface area (Å²) in [6, 6.07) is 9.54. The summed E-state index contributed by atoms with van der Waals surface area (Å²) < 4.78 is 13.0. The maximum absolute atomic E-state index is 13.0. The molecule has 0 aliphatic carbocycles. The van der Waals surface area contributed by atoms with E-state index in [0.29, 0.717) is 28.0 Å². The number of benzene rings is 2. The smallest absolute Gasteiger partial charge is 0.319 e. The summed E-state index contributed by atoms with van der Waals surface area (Å²) >= 11 is 11.8. The lowest BCUT2D eigenvalue weighted by Gasteiger charge is -2.17. The molecule has 0 aromatic heterocycles. The summed E-state index contributed by atoms with van der Waals surface area (Å²) in [5, 5.41) is 6.14. The Bertz CT molecular complexity index is 814. The number of hydrogen-bond acceptors (Lipinski definition) is 2. The van der Waals surface area contributed by atoms with E-state index in [4.69, 9.17) is 23.2 Å². The van der Waals surface area contributed by atoms with Crippen LogP contribution in [0.1, 0.15) is 6.42 Å². The van der Waals surface area contributed by atoms with Gasteiger partial charge in [-0.3, -0.25) is 4.79 Å². The molecule has 2 N–H and O–H groups in total. The Morgan fingerprint density at radius 2 is 1.88 bits per heavy atom. The molecule has 0 radical (unpaired) electrons. The minimum Gasteiger partial charge on any atom is -0.333 e. The predicted molar refractivity (Wildman–Crippen MR) is 95.8 cm³/mol. The van der Waals surface area contributed by atoms with Crippen molar-refractivity contribution in [3.05, 3.63) is 58.3 Å². The molecule has 3 amide bonds. The number of amides is 3. The lowest BCUT2D eigenvalue weighted by Crippen LogP contribution is -2.39. The number of halogens is 3. The first-order chi connectivity index (χ1) is 11.9. The highest BCUT2D eigenvalue weighted by Gasteiger charge is 2.31. The molecular formula is C17H14Cl2FN3O2. The van der Waals surface area contributed by atoms with E-state index in [1.165, 1.54) is 35.2 Å². The van der Waals surface area contributed by atoms with Gasteiger partial charge in [0.15, 0.2) is 0 Å². The van der Waals surface area contributed by atoms with Crippen molar-refractivity contribution in [2.45, 2.75) is 12.5 Å². The van der Waals surface area contributed by atoms with Gasteiger partial charge in [0, 0.05) is 23.7 Å². The summed E-state index contributed by atoms with van der Waals surface area (Å²) in [7, 11) is 0. The zero-order valence-corrected chi connectivity index (χ0v) is 14.4. The third kappa shape index (κ3) is 4.21. The van der Waals surface area contributed by atoms with E-state index in [1.807, 2.05) is 0 Å². The van der Waals surface area contributed by atoms with E-state index >= 15 is 0 Å². The molecule has 0 spiro atoms. The Balaban J connectivity index is 1.61. The fourth-order valence-electron chi connectivity index (χ4n) is 2.61. The van der Waals surface area contributed by atoms with E-state index in [9.17, 15) is 14.0 Å². The second-order valence-electron chi connectivity index (χ2n) is 5.60. The summed E-state index contributed by atoms with van der Waals surface area (Å²) in [6.45, 7) is 0.312. The normalized spacial score (nSPS) is 16.8. The van der Waals surface area contributed by atoms with Crippen LogP contribution in [0.15, 0.2) is 42.5 Å². The summed E-state index contributed by atoms with van der Waals surface area (Å²) in [4.78, 5) is 25.7. The lowest BCUT2D eigenvalue weighted by molar-refractivity contribution is -0.117. The molecule has 0 unspecified atom stereocenters. The van der Waals surface area contributed by atoms with E-state index in [1.54, 1.807) is 12.1 Å². The number of urea groups is 1. The molecule has 130 valence electrons. The SMILES string of the molecule is O=C(Nc1ccc(Cl)cc1Cl)N[C@@H]1CC(=O)N(c2ccc(F)cc2)C1. The van der Waals surface area contributed by atoms with Gasteiger partial charge >= 0.3 is 6.03 Å². The fourth-order valence-corrected chi connectivity index (χ4v) is 3.07. The number of carbonyl (C=O) groups is 2. The number of nitrogens with zero attached hydrogens (tertiary/aromatic N) is 1. The average Bonchev–Trinajstić information content (AvgIpc) is 2.91. The molecule has 0 bridgehead atoms. The molecular weight excluding hydrogens is 368 g/mol. The van der Waals surface area contributed by atoms with E-state index in [0.717, 1.165) is 0 Å². The molecule has 1 fully saturated rings. The summed E-state index contributed by atoms with van der Waals surface area (Å²) in [5.74, 6) is -0.509. The zero-order chi connectivity index (χ0) is 18.0. The highest BCUT2D eigenvalue weighted by atomic mass is 35.5. The Morgan fingerprint density at radius 1 is 1.16 bits per heavy atom. The first-order valence-electron chi connectivity index (χ1n) is 7.51. The quantitative estimate of drug-likeness (QED) is 0.841. The van der Waals surface area contributed by atoms with Crippen molar-refractivity contribution in [2.75, 3.05) is 16.8 Å². The molecule has 3 rings (SSSR count). The highest BCUT2D eigenvalue weighted by molar-refractivity contribution is 6.36. The first kappa shape index (κ1) is 17.5. The van der Waals surface area contributed by atoms with Crippen LogP contribution in [-0.4, -0.2) is 24.5 Å². The van der Waals surface area contributed by atoms with Crippen molar-refractivity contribution >= 4 is 46.5 Å². The second kappa shape index (κ2) is 7.29. The van der Waals surface area contributed by atoms with Crippen LogP contribution in [0.2, 0.25) is 10.0 Å². The Kier molecular flexibility index (Phi) is 5.11. The number of rotatable bonds is 3. The standard InChI is InChI=1S/C17H14Cl2FN3O2/c18-10-1-6-15(14(19)7-10)22-17(25)21-12-8-16(24)23(9-12)13-4-2-11(20)3-5-13/h1-7,12H,8-9H2,(H2,21,22,25)/t12-/m1/s1. The van der Waals surface area contributed by atoms with Crippen molar-refractivity contribution in [3.63, 3.8) is 0 Å². The van der Waals surface area contributed by atoms with Crippen molar-refractivity contribution in [1.82, 2.24) is 5.32 Å². The van der Waals surface area contributed by atoms with Gasteiger partial charge in [-0.15, -0.1) is 0 Å². The van der Waals surface area contributed by atoms with Crippen LogP contribution in [0.3, 0.4) is 0 Å². The van der Waals surface area contributed by atoms with Crippen LogP contribution in [0, 0.1) is 5.82 Å². The van der Waals surface area contributed by atoms with Gasteiger partial charge in [0.05, 0.1) is 16.8 Å². The van der Waals surface area contributed by atoms with Gasteiger partial charge in [-0.2, -0.15) is 0 Å². The zero-order valence-electron chi connectivity index (χ0n) is 12.9. The first-order valence-corrected chi connectivity index (χ1v) is 8.26. The minimum atomic E-state index is -0.469. The number of carbonyl (C=O) groups excluding carboxylic acids is 2. The van der Waals surface area contributed by atoms with Gasteiger partial charge in [0.1, 0.15) is 5.82 Å². The number of anilines is 2. The Morgan fingerprint density at radius 3 is 2.56 bits per heavy atom. The Labute approximate surface area is 153 Å². The third-order valence-electron chi connectivity index (χ3n) is 3.78. The molecule has 2 aromatic rings. The Hall–Kier alpha value is -2.31. The van der Waals surface area contributed by atoms with Gasteiger partial charge in [-0.25, -0.2) is 9.18 Å². The molecule has 25 heavy (non-hydrogen) atoms. The van der Waals surface area contributed by atoms with Crippen molar-refractivity contribution in [3.8, 4) is 0 Å². The van der Waals surface area contributed by atoms with E-state index in [-0.39, 0.29) is 24.2 Å². The van der Waals surface area contributed by atoms with Crippen molar-refractivity contribution < 1.29 is 14.0 Å². The molecule has 1 heterocycles. The molecule has 1 saturated heterocycles. The average molecular weight is 382 g/mol. The monoisotopic (exact) mass is 381 g/mol. The number of nitrogens with one attached hydrogen (secondary N) is 2. The molecule has 1 aliphatic rings. The van der Waals surface area contributed by atoms with Gasteiger partial charge in [0.25, 0.3) is 0 Å². The minimum absolute atomic E-state index is 0.138. The van der Waals surface area contributed by atoms with Crippen LogP contribution >= 0.6 is 23.2 Å². The number of hydrogen-bond donors (Lipinski definition) is 2. The van der Waals surface area contributed by atoms with Gasteiger partial charge in [-0.1, -0.05) is 23.2 Å². The third-order valence-corrected chi connectivity index (χ3v) is 4.33. The van der Waals surface area contributed by atoms with Crippen LogP contribution in [0.4, 0.5) is 20.6 Å². The van der Waals surface area contributed by atoms with Crippen LogP contribution < -0.4 is 15.5 Å². The summed E-state index contributed by atoms with van der Waals surface area (Å²) in [6.07, 6.45) is 0.166. The van der Waals surface area contributed by atoms with Crippen LogP contribution in [-0.2, 0) is 4.79 Å². The maximum Gasteiger partial charge on any atom is 0.319 e. The molecule has 0 saturated carbocycles. The molecule has 8 heteroatoms. The molecule has 1 aliphatic heterocycles. The van der Waals surface area contributed by atoms with Crippen LogP contribution in [0.25, 0.3) is 0 Å². The molecule has 2 aromatic carbocycles. The summed E-state index contributed by atoms with van der Waals surface area (Å²) in [5.41, 5.74) is 1.01.